The van der Waals surface area contributed by atoms with Gasteiger partial charge in [0, 0.05) is 30.4 Å². The summed E-state index contributed by atoms with van der Waals surface area (Å²) in [5, 5.41) is 13.9. The lowest BCUT2D eigenvalue weighted by atomic mass is 10.1. The van der Waals surface area contributed by atoms with Crippen molar-refractivity contribution in [1.29, 1.82) is 0 Å². The first-order valence-corrected chi connectivity index (χ1v) is 14.2. The number of hydrogen-bond donors (Lipinski definition) is 1. The number of rotatable bonds is 7. The fourth-order valence-electron chi connectivity index (χ4n) is 4.08. The van der Waals surface area contributed by atoms with E-state index in [0.717, 1.165) is 22.3 Å². The van der Waals surface area contributed by atoms with Crippen LogP contribution >= 0.6 is 24.0 Å². The predicted octanol–water partition coefficient (Wildman–Crippen LogP) is 2.85. The zero-order valence-corrected chi connectivity index (χ0v) is 22.3. The van der Waals surface area contributed by atoms with Gasteiger partial charge >= 0.3 is 5.97 Å². The van der Waals surface area contributed by atoms with Crippen LogP contribution in [-0.2, 0) is 24.3 Å². The van der Waals surface area contributed by atoms with Gasteiger partial charge in [0.05, 0.1) is 28.7 Å². The summed E-state index contributed by atoms with van der Waals surface area (Å²) < 4.78 is 35.0. The predicted molar refractivity (Wildman–Crippen MR) is 146 cm³/mol. The number of hydrogen-bond acceptors (Lipinski definition) is 8. The number of benzene rings is 2. The van der Waals surface area contributed by atoms with E-state index >= 15 is 0 Å². The van der Waals surface area contributed by atoms with Crippen molar-refractivity contribution in [2.24, 2.45) is 0 Å². The molecule has 1 N–H and O–H groups in total. The highest BCUT2D eigenvalue weighted by Gasteiger charge is 2.34. The fourth-order valence-corrected chi connectivity index (χ4v) is 6.78. The summed E-state index contributed by atoms with van der Waals surface area (Å²) in [6, 6.07) is 15.9. The number of carboxylic acid groups (broad SMARTS) is 1. The molecule has 0 atom stereocenters. The number of morpholine rings is 1. The number of thiocarbonyl (C=S) groups is 1. The summed E-state index contributed by atoms with van der Waals surface area (Å²) in [6.07, 6.45) is 3.34. The van der Waals surface area contributed by atoms with Gasteiger partial charge in [0.25, 0.3) is 5.91 Å². The Balaban J connectivity index is 1.58. The summed E-state index contributed by atoms with van der Waals surface area (Å²) in [4.78, 5) is 25.5. The number of carbonyl (C=O) groups excluding carboxylic acids is 1. The molecule has 3 aromatic rings. The lowest BCUT2D eigenvalue weighted by molar-refractivity contribution is -0.140. The third-order valence-corrected chi connectivity index (χ3v) is 9.20. The van der Waals surface area contributed by atoms with E-state index in [4.69, 9.17) is 27.2 Å². The van der Waals surface area contributed by atoms with Crippen molar-refractivity contribution in [3.05, 3.63) is 71.3 Å². The largest absolute Gasteiger partial charge is 0.480 e. The van der Waals surface area contributed by atoms with E-state index in [1.165, 1.54) is 4.31 Å². The third-order valence-electron chi connectivity index (χ3n) is 5.93. The highest BCUT2D eigenvalue weighted by Crippen LogP contribution is 2.35. The summed E-state index contributed by atoms with van der Waals surface area (Å²) in [5.41, 5.74) is 2.31. The molecule has 5 rings (SSSR count). The minimum atomic E-state index is -3.74. The van der Waals surface area contributed by atoms with Gasteiger partial charge in [0.15, 0.2) is 0 Å². The molecule has 2 saturated heterocycles. The molecule has 0 spiro atoms. The molecule has 1 amide bonds. The summed E-state index contributed by atoms with van der Waals surface area (Å²) in [5.74, 6) is -1.68. The molecule has 2 aromatic carbocycles. The molecule has 3 heterocycles. The molecule has 0 bridgehead atoms. The van der Waals surface area contributed by atoms with Gasteiger partial charge in [0.1, 0.15) is 16.6 Å². The Bertz CT molecular complexity index is 1550. The van der Waals surface area contributed by atoms with Gasteiger partial charge in [0.2, 0.25) is 10.0 Å². The number of carbonyl (C=O) groups is 2. The van der Waals surface area contributed by atoms with E-state index < -0.39 is 28.4 Å². The molecular formula is C25H22N4O6S3. The number of para-hydroxylation sites is 1. The Hall–Kier alpha value is -3.36. The van der Waals surface area contributed by atoms with E-state index in [0.29, 0.717) is 30.0 Å². The smallest absolute Gasteiger partial charge is 0.323 e. The van der Waals surface area contributed by atoms with Crippen molar-refractivity contribution < 1.29 is 27.9 Å². The number of aromatic nitrogens is 2. The highest BCUT2D eigenvalue weighted by atomic mass is 32.2. The molecule has 0 radical (unpaired) electrons. The Morgan fingerprint density at radius 1 is 1.13 bits per heavy atom. The van der Waals surface area contributed by atoms with Crippen molar-refractivity contribution in [3.8, 4) is 16.9 Å². The van der Waals surface area contributed by atoms with E-state index in [2.05, 4.69) is 0 Å². The van der Waals surface area contributed by atoms with Crippen LogP contribution in [0.3, 0.4) is 0 Å². The molecule has 0 aliphatic carbocycles. The van der Waals surface area contributed by atoms with Crippen molar-refractivity contribution in [3.63, 3.8) is 0 Å². The van der Waals surface area contributed by atoms with Crippen LogP contribution in [0.1, 0.15) is 5.56 Å². The maximum atomic E-state index is 13.3. The first-order chi connectivity index (χ1) is 18.2. The van der Waals surface area contributed by atoms with Gasteiger partial charge in [-0.3, -0.25) is 14.5 Å². The van der Waals surface area contributed by atoms with Crippen molar-refractivity contribution >= 4 is 56.3 Å². The van der Waals surface area contributed by atoms with Gasteiger partial charge < -0.3 is 9.84 Å². The van der Waals surface area contributed by atoms with Gasteiger partial charge in [-0.05, 0) is 30.3 Å². The van der Waals surface area contributed by atoms with Gasteiger partial charge in [-0.1, -0.05) is 54.3 Å². The lowest BCUT2D eigenvalue weighted by Gasteiger charge is -2.26. The molecule has 38 heavy (non-hydrogen) atoms. The van der Waals surface area contributed by atoms with Crippen molar-refractivity contribution in [2.45, 2.75) is 4.90 Å². The van der Waals surface area contributed by atoms with Crippen LogP contribution in [0.4, 0.5) is 0 Å². The molecule has 10 nitrogen and oxygen atoms in total. The third kappa shape index (κ3) is 5.28. The van der Waals surface area contributed by atoms with Crippen LogP contribution in [0.2, 0.25) is 0 Å². The quantitative estimate of drug-likeness (QED) is 0.338. The van der Waals surface area contributed by atoms with Crippen LogP contribution in [-0.4, -0.2) is 81.6 Å². The Morgan fingerprint density at radius 2 is 1.87 bits per heavy atom. The summed E-state index contributed by atoms with van der Waals surface area (Å²) in [6.45, 7) is 0.700. The zero-order valence-electron chi connectivity index (χ0n) is 19.9. The topological polar surface area (TPSA) is 122 Å². The molecule has 2 aliphatic heterocycles. The minimum absolute atomic E-state index is 0.130. The standard InChI is InChI=1S/C25H22N4O6S3/c30-22(31)16-28-24(32)21(37-25(28)36)14-18-15-29(19-6-2-1-3-7-19)26-23(18)17-5-4-8-20(13-17)38(33,34)27-9-11-35-12-10-27/h1-8,13-15H,9-12,16H2,(H,30,31). The summed E-state index contributed by atoms with van der Waals surface area (Å²) in [7, 11) is -3.74. The zero-order chi connectivity index (χ0) is 26.9. The van der Waals surface area contributed by atoms with Gasteiger partial charge in [-0.2, -0.15) is 9.40 Å². The molecule has 196 valence electrons. The second-order valence-electron chi connectivity index (χ2n) is 8.42. The van der Waals surface area contributed by atoms with Gasteiger partial charge in [-0.15, -0.1) is 0 Å². The normalized spacial score (nSPS) is 17.9. The lowest BCUT2D eigenvalue weighted by Crippen LogP contribution is -2.40. The second-order valence-corrected chi connectivity index (χ2v) is 12.0. The van der Waals surface area contributed by atoms with Crippen LogP contribution in [0, 0.1) is 0 Å². The first-order valence-electron chi connectivity index (χ1n) is 11.5. The van der Waals surface area contributed by atoms with Gasteiger partial charge in [-0.25, -0.2) is 13.1 Å². The Morgan fingerprint density at radius 3 is 2.58 bits per heavy atom. The molecular weight excluding hydrogens is 548 g/mol. The number of nitrogens with zero attached hydrogens (tertiary/aromatic N) is 4. The molecule has 0 saturated carbocycles. The number of sulfonamides is 1. The number of ether oxygens (including phenoxy) is 1. The molecule has 1 aromatic heterocycles. The van der Waals surface area contributed by atoms with Crippen LogP contribution in [0.25, 0.3) is 23.0 Å². The maximum absolute atomic E-state index is 13.3. The molecule has 0 unspecified atom stereocenters. The number of aliphatic carboxylic acids is 1. The van der Waals surface area contributed by atoms with E-state index in [-0.39, 0.29) is 27.2 Å². The van der Waals surface area contributed by atoms with E-state index in [1.807, 2.05) is 30.3 Å². The monoisotopic (exact) mass is 570 g/mol. The van der Waals surface area contributed by atoms with E-state index in [1.54, 1.807) is 41.2 Å². The highest BCUT2D eigenvalue weighted by molar-refractivity contribution is 8.26. The number of thioether (sulfide) groups is 1. The molecule has 13 heteroatoms. The molecule has 2 fully saturated rings. The van der Waals surface area contributed by atoms with Crippen LogP contribution < -0.4 is 0 Å². The SMILES string of the molecule is O=C(O)CN1C(=O)C(=Cc2cn(-c3ccccc3)nc2-c2cccc(S(=O)(=O)N3CCOCC3)c2)SC1=S. The van der Waals surface area contributed by atoms with Crippen molar-refractivity contribution in [2.75, 3.05) is 32.8 Å². The second kappa shape index (κ2) is 10.8. The Labute approximate surface area is 228 Å². The van der Waals surface area contributed by atoms with E-state index in [9.17, 15) is 18.0 Å². The number of carboxylic acids is 1. The number of amides is 1. The maximum Gasteiger partial charge on any atom is 0.323 e. The average molecular weight is 571 g/mol. The molecule has 2 aliphatic rings. The van der Waals surface area contributed by atoms with Crippen LogP contribution in [0.15, 0.2) is 70.6 Å². The fraction of sp³-hybridized carbons (Fsp3) is 0.200. The van der Waals surface area contributed by atoms with Crippen molar-refractivity contribution in [1.82, 2.24) is 19.0 Å². The van der Waals surface area contributed by atoms with Crippen LogP contribution in [0.5, 0.6) is 0 Å². The Kier molecular flexibility index (Phi) is 7.45. The average Bonchev–Trinajstić information content (AvgIpc) is 3.46. The first kappa shape index (κ1) is 26.3. The minimum Gasteiger partial charge on any atom is -0.480 e. The summed E-state index contributed by atoms with van der Waals surface area (Å²) >= 11 is 6.23.